The first-order valence-electron chi connectivity index (χ1n) is 1.43. The van der Waals surface area contributed by atoms with Crippen LogP contribution in [0.1, 0.15) is 6.92 Å². The Morgan fingerprint density at radius 2 is 1.80 bits per heavy atom. The third kappa shape index (κ3) is 0.529. The first kappa shape index (κ1) is 3.00. The van der Waals surface area contributed by atoms with Crippen LogP contribution in [0, 0.1) is 6.92 Å². The highest BCUT2D eigenvalue weighted by Gasteiger charge is 2.46. The summed E-state index contributed by atoms with van der Waals surface area (Å²) in [6.45, 7) is 5.18. The molecule has 2 heteroatoms. The zero-order valence-corrected chi connectivity index (χ0v) is 3.02. The molecule has 0 radical (unpaired) electrons. The molecule has 0 bridgehead atoms. The lowest BCUT2D eigenvalue weighted by Crippen LogP contribution is -1.90. The highest BCUT2D eigenvalue weighted by Crippen LogP contribution is 2.25. The Bertz CT molecular complexity index is 42.9. The molecule has 0 unspecified atom stereocenters. The van der Waals surface area contributed by atoms with Crippen molar-refractivity contribution in [1.82, 2.24) is 0 Å². The van der Waals surface area contributed by atoms with Crippen LogP contribution in [-0.4, -0.2) is 5.79 Å². The average molecular weight is 73.1 g/mol. The minimum Gasteiger partial charge on any atom is -0.146 e. The smallest absolute Gasteiger partial charge is 0.146 e. The Kier molecular flexibility index (Phi) is 0.292. The average Bonchev–Trinajstić information content (AvgIpc) is 1.76. The molecule has 1 heterocycles. The molecular weight excluding hydrogens is 68.0 g/mol. The number of hydrogen-bond acceptors (Lipinski definition) is 2. The predicted molar refractivity (Wildman–Crippen MR) is 15.9 cm³/mol. The molecule has 0 aromatic heterocycles. The summed E-state index contributed by atoms with van der Waals surface area (Å²) in [6, 6.07) is 0. The van der Waals surface area contributed by atoms with E-state index in [1.54, 1.807) is 6.92 Å². The van der Waals surface area contributed by atoms with Gasteiger partial charge in [-0.2, -0.15) is 0 Å². The Hall–Kier alpha value is -0.210. The Morgan fingerprint density at radius 3 is 1.80 bits per heavy atom. The van der Waals surface area contributed by atoms with E-state index in [0.717, 1.165) is 0 Å². The van der Waals surface area contributed by atoms with E-state index in [1.165, 1.54) is 0 Å². The summed E-state index contributed by atoms with van der Waals surface area (Å²) in [4.78, 5) is 8.57. The van der Waals surface area contributed by atoms with E-state index in [0.29, 0.717) is 0 Å². The molecule has 5 heavy (non-hydrogen) atoms. The zero-order chi connectivity index (χ0) is 3.91. The van der Waals surface area contributed by atoms with Crippen LogP contribution in [0.5, 0.6) is 0 Å². The standard InChI is InChI=1S/C3H5O2/c1-3(2)4-5-3/h1H2,2H3/q+1. The lowest BCUT2D eigenvalue weighted by Gasteiger charge is -1.62. The van der Waals surface area contributed by atoms with Crippen LogP contribution >= 0.6 is 0 Å². The molecule has 1 fully saturated rings. The van der Waals surface area contributed by atoms with Crippen molar-refractivity contribution < 1.29 is 9.78 Å². The summed E-state index contributed by atoms with van der Waals surface area (Å²) in [6.07, 6.45) is 0. The van der Waals surface area contributed by atoms with E-state index in [4.69, 9.17) is 0 Å². The molecule has 1 aliphatic heterocycles. The van der Waals surface area contributed by atoms with Crippen LogP contribution in [0.2, 0.25) is 0 Å². The molecule has 2 nitrogen and oxygen atoms in total. The van der Waals surface area contributed by atoms with Crippen LogP contribution in [0.4, 0.5) is 0 Å². The molecule has 1 saturated heterocycles. The normalized spacial score (nSPS) is 29.8. The Balaban J connectivity index is 2.38. The molecule has 0 N–H and O–H groups in total. The van der Waals surface area contributed by atoms with Gasteiger partial charge in [-0.1, -0.05) is 0 Å². The van der Waals surface area contributed by atoms with Crippen molar-refractivity contribution in [3.8, 4) is 0 Å². The largest absolute Gasteiger partial charge is 0.366 e. The molecular formula is C3H5O2+. The second-order valence-corrected chi connectivity index (χ2v) is 1.30. The second-order valence-electron chi connectivity index (χ2n) is 1.30. The van der Waals surface area contributed by atoms with Gasteiger partial charge < -0.3 is 0 Å². The van der Waals surface area contributed by atoms with Crippen molar-refractivity contribution in [2.24, 2.45) is 0 Å². The van der Waals surface area contributed by atoms with E-state index < -0.39 is 5.79 Å². The molecule has 0 spiro atoms. The van der Waals surface area contributed by atoms with Crippen molar-refractivity contribution in [1.29, 1.82) is 0 Å². The highest BCUT2D eigenvalue weighted by molar-refractivity contribution is 4.67. The molecule has 0 aromatic carbocycles. The molecule has 28 valence electrons. The van der Waals surface area contributed by atoms with Gasteiger partial charge in [-0.15, -0.1) is 9.78 Å². The van der Waals surface area contributed by atoms with Crippen LogP contribution in [0.15, 0.2) is 0 Å². The van der Waals surface area contributed by atoms with E-state index in [-0.39, 0.29) is 0 Å². The van der Waals surface area contributed by atoms with Gasteiger partial charge in [-0.25, -0.2) is 0 Å². The van der Waals surface area contributed by atoms with Crippen molar-refractivity contribution >= 4 is 0 Å². The summed E-state index contributed by atoms with van der Waals surface area (Å²) in [5.41, 5.74) is 0. The molecule has 0 atom stereocenters. The fourth-order valence-electron chi connectivity index (χ4n) is 0.0711. The maximum atomic E-state index is 4.28. The van der Waals surface area contributed by atoms with Crippen LogP contribution in [-0.2, 0) is 9.78 Å². The van der Waals surface area contributed by atoms with Crippen molar-refractivity contribution in [3.63, 3.8) is 0 Å². The monoisotopic (exact) mass is 73.0 g/mol. The van der Waals surface area contributed by atoms with Gasteiger partial charge in [0.05, 0.1) is 0 Å². The van der Waals surface area contributed by atoms with Crippen molar-refractivity contribution in [2.75, 3.05) is 0 Å². The van der Waals surface area contributed by atoms with Gasteiger partial charge in [0.25, 0.3) is 0 Å². The molecule has 0 aromatic rings. The second kappa shape index (κ2) is 0.486. The summed E-state index contributed by atoms with van der Waals surface area (Å²) >= 11 is 0. The van der Waals surface area contributed by atoms with Crippen LogP contribution < -0.4 is 0 Å². The zero-order valence-electron chi connectivity index (χ0n) is 3.02. The maximum Gasteiger partial charge on any atom is 0.366 e. The summed E-state index contributed by atoms with van der Waals surface area (Å²) in [5, 5.41) is 0. The topological polar surface area (TPSA) is 25.1 Å². The van der Waals surface area contributed by atoms with Gasteiger partial charge in [0.2, 0.25) is 0 Å². The maximum absolute atomic E-state index is 4.28. The van der Waals surface area contributed by atoms with E-state index >= 15 is 0 Å². The van der Waals surface area contributed by atoms with Crippen molar-refractivity contribution in [3.05, 3.63) is 6.92 Å². The predicted octanol–water partition coefficient (Wildman–Crippen LogP) is 0.498. The lowest BCUT2D eigenvalue weighted by molar-refractivity contribution is 0.0850. The number of rotatable bonds is 0. The van der Waals surface area contributed by atoms with Gasteiger partial charge in [0, 0.05) is 6.92 Å². The fraction of sp³-hybridized carbons (Fsp3) is 0.667. The van der Waals surface area contributed by atoms with E-state index in [1.807, 2.05) is 0 Å². The SMILES string of the molecule is [CH2+]C1(C)OO1. The molecule has 0 amide bonds. The van der Waals surface area contributed by atoms with Crippen LogP contribution in [0.3, 0.4) is 0 Å². The van der Waals surface area contributed by atoms with E-state index in [2.05, 4.69) is 16.7 Å². The summed E-state index contributed by atoms with van der Waals surface area (Å²) in [5.74, 6) is -0.500. The number of hydrogen-bond donors (Lipinski definition) is 0. The molecule has 0 aliphatic carbocycles. The van der Waals surface area contributed by atoms with Crippen molar-refractivity contribution in [2.45, 2.75) is 12.7 Å². The quantitative estimate of drug-likeness (QED) is 0.237. The Morgan fingerprint density at radius 1 is 1.60 bits per heavy atom. The summed E-state index contributed by atoms with van der Waals surface area (Å²) in [7, 11) is 0. The van der Waals surface area contributed by atoms with Gasteiger partial charge >= 0.3 is 5.79 Å². The van der Waals surface area contributed by atoms with E-state index in [9.17, 15) is 0 Å². The third-order valence-corrected chi connectivity index (χ3v) is 0.368. The highest BCUT2D eigenvalue weighted by atomic mass is 17.4. The van der Waals surface area contributed by atoms with Gasteiger partial charge in [0.15, 0.2) is 0 Å². The summed E-state index contributed by atoms with van der Waals surface area (Å²) < 4.78 is 0. The minimum absolute atomic E-state index is 0.500. The lowest BCUT2D eigenvalue weighted by atomic mass is 10.4. The first-order chi connectivity index (χ1) is 2.21. The molecule has 1 aliphatic rings. The van der Waals surface area contributed by atoms with Gasteiger partial charge in [0.1, 0.15) is 6.92 Å². The fourth-order valence-corrected chi connectivity index (χ4v) is 0.0711. The molecule has 0 saturated carbocycles. The van der Waals surface area contributed by atoms with Gasteiger partial charge in [-0.05, 0) is 0 Å². The van der Waals surface area contributed by atoms with Crippen LogP contribution in [0.25, 0.3) is 0 Å². The third-order valence-electron chi connectivity index (χ3n) is 0.368. The minimum atomic E-state index is -0.500. The first-order valence-corrected chi connectivity index (χ1v) is 1.43. The Labute approximate surface area is 30.6 Å². The molecule has 1 rings (SSSR count). The van der Waals surface area contributed by atoms with Gasteiger partial charge in [-0.3, -0.25) is 0 Å².